The second kappa shape index (κ2) is 5.99. The Balaban J connectivity index is 2.17. The van der Waals surface area contributed by atoms with Crippen molar-refractivity contribution in [1.29, 1.82) is 0 Å². The summed E-state index contributed by atoms with van der Waals surface area (Å²) >= 11 is 0. The van der Waals surface area contributed by atoms with Crippen LogP contribution in [0.4, 0.5) is 0 Å². The molecule has 0 bridgehead atoms. The topological polar surface area (TPSA) is 75.2 Å². The molecule has 3 rings (SSSR count). The lowest BCUT2D eigenvalue weighted by atomic mass is 10.0. The van der Waals surface area contributed by atoms with Gasteiger partial charge in [0.25, 0.3) is 0 Å². The Morgan fingerprint density at radius 2 is 2.05 bits per heavy atom. The lowest BCUT2D eigenvalue weighted by Crippen LogP contribution is -2.11. The Kier molecular flexibility index (Phi) is 3.89. The van der Waals surface area contributed by atoms with E-state index >= 15 is 0 Å². The zero-order valence-electron chi connectivity index (χ0n) is 12.1. The predicted octanol–water partition coefficient (Wildman–Crippen LogP) is 2.82. The minimum absolute atomic E-state index is 0.265. The number of hydrogen-bond acceptors (Lipinski definition) is 4. The highest BCUT2D eigenvalue weighted by molar-refractivity contribution is 5.98. The second-order valence-corrected chi connectivity index (χ2v) is 4.84. The molecule has 2 N–H and O–H groups in total. The maximum absolute atomic E-state index is 12.2. The van der Waals surface area contributed by atoms with Crippen LogP contribution in [0.3, 0.4) is 0 Å². The first-order valence-electron chi connectivity index (χ1n) is 7.09. The van der Waals surface area contributed by atoms with Gasteiger partial charge in [0.1, 0.15) is 11.8 Å². The maximum atomic E-state index is 12.2. The van der Waals surface area contributed by atoms with Crippen LogP contribution in [0.15, 0.2) is 48.7 Å². The minimum atomic E-state index is -1.00. The average Bonchev–Trinajstić information content (AvgIpc) is 2.95. The van der Waals surface area contributed by atoms with E-state index in [0.29, 0.717) is 11.3 Å². The standard InChI is InChI=1S/C17H16N2O3/c1-2-22-17(21)15-14(11-7-3-4-8-12(11)19-15)16(20)13-9-5-6-10-18-13/h3-10,16,19-20H,2H2,1H3/t16-/m0/s1. The molecule has 0 fully saturated rings. The fraction of sp³-hybridized carbons (Fsp3) is 0.176. The molecule has 0 radical (unpaired) electrons. The zero-order chi connectivity index (χ0) is 15.5. The first kappa shape index (κ1) is 14.3. The van der Waals surface area contributed by atoms with Gasteiger partial charge in [-0.05, 0) is 25.1 Å². The molecule has 3 aromatic rings. The highest BCUT2D eigenvalue weighted by atomic mass is 16.5. The number of fused-ring (bicyclic) bond motifs is 1. The number of carbonyl (C=O) groups is 1. The molecule has 1 atom stereocenters. The number of hydrogen-bond donors (Lipinski definition) is 2. The number of aromatic amines is 1. The van der Waals surface area contributed by atoms with Crippen LogP contribution < -0.4 is 0 Å². The van der Waals surface area contributed by atoms with Gasteiger partial charge in [-0.3, -0.25) is 4.98 Å². The monoisotopic (exact) mass is 296 g/mol. The number of pyridine rings is 1. The summed E-state index contributed by atoms with van der Waals surface area (Å²) in [5, 5.41) is 11.5. The lowest BCUT2D eigenvalue weighted by Gasteiger charge is -2.11. The molecule has 0 unspecified atom stereocenters. The Morgan fingerprint density at radius 3 is 2.77 bits per heavy atom. The zero-order valence-corrected chi connectivity index (χ0v) is 12.1. The van der Waals surface area contributed by atoms with Gasteiger partial charge in [-0.25, -0.2) is 4.79 Å². The molecule has 0 saturated carbocycles. The molecule has 2 heterocycles. The van der Waals surface area contributed by atoms with Gasteiger partial charge in [0.15, 0.2) is 0 Å². The van der Waals surface area contributed by atoms with Crippen LogP contribution in [0.2, 0.25) is 0 Å². The molecule has 0 saturated heterocycles. The summed E-state index contributed by atoms with van der Waals surface area (Å²) < 4.78 is 5.08. The molecule has 5 nitrogen and oxygen atoms in total. The van der Waals surface area contributed by atoms with Crippen molar-refractivity contribution >= 4 is 16.9 Å². The van der Waals surface area contributed by atoms with Crippen LogP contribution >= 0.6 is 0 Å². The van der Waals surface area contributed by atoms with E-state index in [1.807, 2.05) is 24.3 Å². The number of aliphatic hydroxyl groups excluding tert-OH is 1. The summed E-state index contributed by atoms with van der Waals surface area (Å²) in [6, 6.07) is 12.7. The average molecular weight is 296 g/mol. The van der Waals surface area contributed by atoms with Crippen molar-refractivity contribution in [2.24, 2.45) is 0 Å². The van der Waals surface area contributed by atoms with E-state index < -0.39 is 12.1 Å². The third kappa shape index (κ3) is 2.46. The van der Waals surface area contributed by atoms with Gasteiger partial charge in [-0.2, -0.15) is 0 Å². The summed E-state index contributed by atoms with van der Waals surface area (Å²) in [4.78, 5) is 19.4. The number of para-hydroxylation sites is 1. The Bertz CT molecular complexity index is 796. The number of nitrogens with zero attached hydrogens (tertiary/aromatic N) is 1. The smallest absolute Gasteiger partial charge is 0.355 e. The van der Waals surface area contributed by atoms with Gasteiger partial charge < -0.3 is 14.8 Å². The third-order valence-corrected chi connectivity index (χ3v) is 3.47. The van der Waals surface area contributed by atoms with Crippen molar-refractivity contribution in [2.75, 3.05) is 6.61 Å². The molecule has 0 amide bonds. The van der Waals surface area contributed by atoms with Gasteiger partial charge in [0.05, 0.1) is 12.3 Å². The van der Waals surface area contributed by atoms with Crippen molar-refractivity contribution in [3.8, 4) is 0 Å². The summed E-state index contributed by atoms with van der Waals surface area (Å²) in [5.74, 6) is -0.483. The lowest BCUT2D eigenvalue weighted by molar-refractivity contribution is 0.0515. The molecule has 22 heavy (non-hydrogen) atoms. The molecular weight excluding hydrogens is 280 g/mol. The second-order valence-electron chi connectivity index (χ2n) is 4.84. The molecule has 5 heteroatoms. The van der Waals surface area contributed by atoms with Crippen molar-refractivity contribution in [3.63, 3.8) is 0 Å². The summed E-state index contributed by atoms with van der Waals surface area (Å²) in [7, 11) is 0. The molecule has 2 aromatic heterocycles. The summed E-state index contributed by atoms with van der Waals surface area (Å²) in [5.41, 5.74) is 2.02. The van der Waals surface area contributed by atoms with Gasteiger partial charge in [0, 0.05) is 22.7 Å². The maximum Gasteiger partial charge on any atom is 0.355 e. The quantitative estimate of drug-likeness (QED) is 0.726. The van der Waals surface area contributed by atoms with E-state index in [1.54, 1.807) is 31.3 Å². The number of esters is 1. The SMILES string of the molecule is CCOC(=O)c1[nH]c2ccccc2c1[C@@H](O)c1ccccn1. The van der Waals surface area contributed by atoms with Gasteiger partial charge >= 0.3 is 5.97 Å². The number of carbonyl (C=O) groups excluding carboxylic acids is 1. The number of rotatable bonds is 4. The number of ether oxygens (including phenoxy) is 1. The fourth-order valence-corrected chi connectivity index (χ4v) is 2.50. The molecule has 112 valence electrons. The number of aromatic nitrogens is 2. The van der Waals surface area contributed by atoms with Crippen molar-refractivity contribution in [2.45, 2.75) is 13.0 Å². The molecule has 0 spiro atoms. The molecule has 0 aliphatic heterocycles. The first-order valence-corrected chi connectivity index (χ1v) is 7.09. The van der Waals surface area contributed by atoms with E-state index in [-0.39, 0.29) is 12.3 Å². The van der Waals surface area contributed by atoms with Crippen molar-refractivity contribution < 1.29 is 14.6 Å². The molecule has 0 aliphatic carbocycles. The summed E-state index contributed by atoms with van der Waals surface area (Å²) in [6.07, 6.45) is 0.606. The number of nitrogens with one attached hydrogen (secondary N) is 1. The minimum Gasteiger partial charge on any atom is -0.461 e. The Labute approximate surface area is 127 Å². The molecular formula is C17H16N2O3. The van der Waals surface area contributed by atoms with Gasteiger partial charge in [-0.15, -0.1) is 0 Å². The van der Waals surface area contributed by atoms with Crippen LogP contribution in [-0.4, -0.2) is 27.7 Å². The number of aliphatic hydroxyl groups is 1. The number of benzene rings is 1. The highest BCUT2D eigenvalue weighted by Gasteiger charge is 2.25. The largest absolute Gasteiger partial charge is 0.461 e. The van der Waals surface area contributed by atoms with Crippen LogP contribution in [0.25, 0.3) is 10.9 Å². The van der Waals surface area contributed by atoms with Crippen LogP contribution in [0.1, 0.15) is 34.8 Å². The van der Waals surface area contributed by atoms with Crippen molar-refractivity contribution in [1.82, 2.24) is 9.97 Å². The molecule has 1 aromatic carbocycles. The van der Waals surface area contributed by atoms with E-state index in [4.69, 9.17) is 4.74 Å². The molecule has 0 aliphatic rings. The van der Waals surface area contributed by atoms with Crippen LogP contribution in [-0.2, 0) is 4.74 Å². The number of H-pyrrole nitrogens is 1. The van der Waals surface area contributed by atoms with Gasteiger partial charge in [-0.1, -0.05) is 24.3 Å². The Morgan fingerprint density at radius 1 is 1.27 bits per heavy atom. The first-order chi connectivity index (χ1) is 10.7. The highest BCUT2D eigenvalue weighted by Crippen LogP contribution is 2.31. The van der Waals surface area contributed by atoms with E-state index in [0.717, 1.165) is 10.9 Å². The van der Waals surface area contributed by atoms with Crippen LogP contribution in [0.5, 0.6) is 0 Å². The third-order valence-electron chi connectivity index (χ3n) is 3.47. The van der Waals surface area contributed by atoms with Crippen LogP contribution in [0, 0.1) is 0 Å². The summed E-state index contributed by atoms with van der Waals surface area (Å²) in [6.45, 7) is 2.02. The van der Waals surface area contributed by atoms with E-state index in [9.17, 15) is 9.90 Å². The van der Waals surface area contributed by atoms with E-state index in [1.165, 1.54) is 0 Å². The van der Waals surface area contributed by atoms with Crippen molar-refractivity contribution in [3.05, 3.63) is 65.6 Å². The Hall–Kier alpha value is -2.66. The normalized spacial score (nSPS) is 12.3. The predicted molar refractivity (Wildman–Crippen MR) is 82.6 cm³/mol. The van der Waals surface area contributed by atoms with Gasteiger partial charge in [0.2, 0.25) is 0 Å². The van der Waals surface area contributed by atoms with E-state index in [2.05, 4.69) is 9.97 Å². The fourth-order valence-electron chi connectivity index (χ4n) is 2.50.